The van der Waals surface area contributed by atoms with E-state index in [0.29, 0.717) is 11.9 Å². The molecule has 1 aliphatic rings. The molecule has 27 heavy (non-hydrogen) atoms. The van der Waals surface area contributed by atoms with Crippen molar-refractivity contribution in [2.45, 2.75) is 25.6 Å². The van der Waals surface area contributed by atoms with Gasteiger partial charge in [0.2, 0.25) is 5.89 Å². The fourth-order valence-electron chi connectivity index (χ4n) is 3.65. The third-order valence-electron chi connectivity index (χ3n) is 5.17. The number of benzene rings is 2. The highest BCUT2D eigenvalue weighted by Gasteiger charge is 2.26. The number of aromatic nitrogens is 1. The molecule has 1 unspecified atom stereocenters. The lowest BCUT2D eigenvalue weighted by Crippen LogP contribution is -2.34. The average Bonchev–Trinajstić information content (AvgIpc) is 3.33. The van der Waals surface area contributed by atoms with Crippen LogP contribution in [-0.4, -0.2) is 41.0 Å². The van der Waals surface area contributed by atoms with Crippen LogP contribution in [0.25, 0.3) is 11.5 Å². The summed E-state index contributed by atoms with van der Waals surface area (Å²) in [5.74, 6) is 0.683. The van der Waals surface area contributed by atoms with Crippen molar-refractivity contribution in [3.63, 3.8) is 0 Å². The van der Waals surface area contributed by atoms with E-state index in [1.165, 1.54) is 12.0 Å². The maximum atomic E-state index is 5.69. The molecule has 1 saturated heterocycles. The van der Waals surface area contributed by atoms with E-state index >= 15 is 0 Å². The number of hydrogen-bond acceptors (Lipinski definition) is 4. The highest BCUT2D eigenvalue weighted by Crippen LogP contribution is 2.23. The van der Waals surface area contributed by atoms with Gasteiger partial charge in [0.05, 0.1) is 5.69 Å². The van der Waals surface area contributed by atoms with Crippen LogP contribution in [0.4, 0.5) is 0 Å². The first kappa shape index (κ1) is 18.4. The normalized spacial score (nSPS) is 17.7. The lowest BCUT2D eigenvalue weighted by Gasteiger charge is -2.23. The van der Waals surface area contributed by atoms with Crippen LogP contribution >= 0.6 is 15.9 Å². The van der Waals surface area contributed by atoms with Gasteiger partial charge in [0.25, 0.3) is 0 Å². The monoisotopic (exact) mass is 425 g/mol. The zero-order chi connectivity index (χ0) is 18.6. The largest absolute Gasteiger partial charge is 0.444 e. The van der Waals surface area contributed by atoms with E-state index in [-0.39, 0.29) is 0 Å². The summed E-state index contributed by atoms with van der Waals surface area (Å²) < 4.78 is 6.75. The van der Waals surface area contributed by atoms with E-state index in [2.05, 4.69) is 68.1 Å². The van der Waals surface area contributed by atoms with Gasteiger partial charge < -0.3 is 4.42 Å². The summed E-state index contributed by atoms with van der Waals surface area (Å²) >= 11 is 3.46. The molecule has 0 radical (unpaired) electrons. The second-order valence-electron chi connectivity index (χ2n) is 7.23. The Kier molecular flexibility index (Phi) is 5.72. The molecule has 0 spiro atoms. The standard InChI is InChI=1S/C22H24BrN3O/c1-25(21-11-12-26(15-21)13-17-5-3-2-4-6-17)14-20-16-27-22(24-20)18-7-9-19(23)10-8-18/h2-10,16,21H,11-15H2,1H3. The second-order valence-corrected chi connectivity index (χ2v) is 8.14. The first-order valence-electron chi connectivity index (χ1n) is 9.34. The Hall–Kier alpha value is -1.95. The molecule has 5 heteroatoms. The van der Waals surface area contributed by atoms with Crippen molar-refractivity contribution >= 4 is 15.9 Å². The van der Waals surface area contributed by atoms with Gasteiger partial charge in [0, 0.05) is 42.3 Å². The van der Waals surface area contributed by atoms with Crippen LogP contribution < -0.4 is 0 Å². The zero-order valence-electron chi connectivity index (χ0n) is 15.5. The molecule has 1 aliphatic heterocycles. The Morgan fingerprint density at radius 2 is 1.93 bits per heavy atom. The Morgan fingerprint density at radius 1 is 1.15 bits per heavy atom. The predicted octanol–water partition coefficient (Wildman–Crippen LogP) is 4.81. The minimum atomic E-state index is 0.557. The smallest absolute Gasteiger partial charge is 0.226 e. The van der Waals surface area contributed by atoms with E-state index in [4.69, 9.17) is 4.42 Å². The molecule has 0 bridgehead atoms. The molecule has 140 valence electrons. The van der Waals surface area contributed by atoms with Crippen molar-refractivity contribution in [2.75, 3.05) is 20.1 Å². The summed E-state index contributed by atoms with van der Waals surface area (Å²) in [6.45, 7) is 4.09. The van der Waals surface area contributed by atoms with Gasteiger partial charge >= 0.3 is 0 Å². The number of nitrogens with zero attached hydrogens (tertiary/aromatic N) is 3. The quantitative estimate of drug-likeness (QED) is 0.566. The molecule has 1 aromatic heterocycles. The number of likely N-dealkylation sites (N-methyl/N-ethyl adjacent to an activating group) is 1. The topological polar surface area (TPSA) is 32.5 Å². The van der Waals surface area contributed by atoms with Gasteiger partial charge in [-0.2, -0.15) is 0 Å². The Balaban J connectivity index is 1.33. The molecule has 4 nitrogen and oxygen atoms in total. The molecule has 0 aliphatic carbocycles. The highest BCUT2D eigenvalue weighted by atomic mass is 79.9. The second kappa shape index (κ2) is 8.38. The molecule has 2 heterocycles. The molecule has 3 aromatic rings. The van der Waals surface area contributed by atoms with E-state index < -0.39 is 0 Å². The number of likely N-dealkylation sites (tertiary alicyclic amines) is 1. The molecular weight excluding hydrogens is 402 g/mol. The van der Waals surface area contributed by atoms with Crippen molar-refractivity contribution in [2.24, 2.45) is 0 Å². The zero-order valence-corrected chi connectivity index (χ0v) is 17.1. The highest BCUT2D eigenvalue weighted by molar-refractivity contribution is 9.10. The van der Waals surface area contributed by atoms with Crippen LogP contribution in [0.1, 0.15) is 17.7 Å². The third kappa shape index (κ3) is 4.67. The van der Waals surface area contributed by atoms with Gasteiger partial charge in [-0.15, -0.1) is 0 Å². The summed E-state index contributed by atoms with van der Waals surface area (Å²) in [7, 11) is 2.19. The van der Waals surface area contributed by atoms with Gasteiger partial charge in [-0.25, -0.2) is 4.98 Å². The van der Waals surface area contributed by atoms with Gasteiger partial charge in [0.15, 0.2) is 0 Å². The molecule has 0 amide bonds. The summed E-state index contributed by atoms with van der Waals surface area (Å²) in [6, 6.07) is 19.3. The Morgan fingerprint density at radius 3 is 2.70 bits per heavy atom. The summed E-state index contributed by atoms with van der Waals surface area (Å²) in [4.78, 5) is 9.60. The van der Waals surface area contributed by atoms with E-state index in [1.54, 1.807) is 6.26 Å². The molecular formula is C22H24BrN3O. The van der Waals surface area contributed by atoms with E-state index in [9.17, 15) is 0 Å². The van der Waals surface area contributed by atoms with Gasteiger partial charge in [-0.1, -0.05) is 46.3 Å². The molecule has 2 aromatic carbocycles. The molecule has 0 N–H and O–H groups in total. The van der Waals surface area contributed by atoms with Crippen LogP contribution in [0, 0.1) is 0 Å². The molecule has 0 saturated carbocycles. The van der Waals surface area contributed by atoms with Crippen LogP contribution in [0.3, 0.4) is 0 Å². The summed E-state index contributed by atoms with van der Waals surface area (Å²) in [6.07, 6.45) is 2.98. The summed E-state index contributed by atoms with van der Waals surface area (Å²) in [5, 5.41) is 0. The molecule has 4 rings (SSSR count). The van der Waals surface area contributed by atoms with Crippen LogP contribution in [0.15, 0.2) is 69.8 Å². The SMILES string of the molecule is CN(Cc1coc(-c2ccc(Br)cc2)n1)C1CCN(Cc2ccccc2)C1. The van der Waals surface area contributed by atoms with Crippen LogP contribution in [-0.2, 0) is 13.1 Å². The van der Waals surface area contributed by atoms with Gasteiger partial charge in [0.1, 0.15) is 6.26 Å². The minimum Gasteiger partial charge on any atom is -0.444 e. The van der Waals surface area contributed by atoms with Crippen molar-refractivity contribution < 1.29 is 4.42 Å². The van der Waals surface area contributed by atoms with Gasteiger partial charge in [-0.3, -0.25) is 9.80 Å². The van der Waals surface area contributed by atoms with Crippen LogP contribution in [0.2, 0.25) is 0 Å². The maximum absolute atomic E-state index is 5.69. The molecule has 1 atom stereocenters. The molecule has 1 fully saturated rings. The number of hydrogen-bond donors (Lipinski definition) is 0. The van der Waals surface area contributed by atoms with E-state index in [0.717, 1.165) is 41.9 Å². The van der Waals surface area contributed by atoms with Crippen LogP contribution in [0.5, 0.6) is 0 Å². The average molecular weight is 426 g/mol. The van der Waals surface area contributed by atoms with E-state index in [1.807, 2.05) is 24.3 Å². The van der Waals surface area contributed by atoms with Crippen molar-refractivity contribution in [3.8, 4) is 11.5 Å². The first-order valence-corrected chi connectivity index (χ1v) is 10.1. The van der Waals surface area contributed by atoms with Crippen molar-refractivity contribution in [1.82, 2.24) is 14.8 Å². The fraction of sp³-hybridized carbons (Fsp3) is 0.318. The maximum Gasteiger partial charge on any atom is 0.226 e. The van der Waals surface area contributed by atoms with Crippen molar-refractivity contribution in [3.05, 3.63) is 76.6 Å². The number of rotatable bonds is 6. The minimum absolute atomic E-state index is 0.557. The third-order valence-corrected chi connectivity index (χ3v) is 5.70. The van der Waals surface area contributed by atoms with Gasteiger partial charge in [-0.05, 0) is 43.3 Å². The first-order chi connectivity index (χ1) is 13.2. The number of halogens is 1. The fourth-order valence-corrected chi connectivity index (χ4v) is 3.91. The lowest BCUT2D eigenvalue weighted by atomic mass is 10.2. The van der Waals surface area contributed by atoms with Crippen molar-refractivity contribution in [1.29, 1.82) is 0 Å². The lowest BCUT2D eigenvalue weighted by molar-refractivity contribution is 0.220. The predicted molar refractivity (Wildman–Crippen MR) is 111 cm³/mol. The Labute approximate surface area is 168 Å². The summed E-state index contributed by atoms with van der Waals surface area (Å²) in [5.41, 5.74) is 3.37. The number of oxazole rings is 1. The Bertz CT molecular complexity index is 863.